The van der Waals surface area contributed by atoms with E-state index in [0.29, 0.717) is 16.3 Å². The molecule has 0 aliphatic rings. The van der Waals surface area contributed by atoms with Crippen LogP contribution >= 0.6 is 23.2 Å². The molecule has 0 aliphatic carbocycles. The zero-order valence-electron chi connectivity index (χ0n) is 10.0. The average Bonchev–Trinajstić information content (AvgIpc) is 2.44. The Balaban J connectivity index is 2.18. The maximum absolute atomic E-state index is 11.9. The van der Waals surface area contributed by atoms with E-state index in [9.17, 15) is 4.79 Å². The number of ether oxygens (including phenoxy) is 2. The Labute approximate surface area is 120 Å². The summed E-state index contributed by atoms with van der Waals surface area (Å²) in [6.07, 6.45) is 0. The van der Waals surface area contributed by atoms with Gasteiger partial charge in [-0.2, -0.15) is 0 Å². The fourth-order valence-corrected chi connectivity index (χ4v) is 1.78. The Kier molecular flexibility index (Phi) is 4.30. The molecule has 0 saturated carbocycles. The predicted molar refractivity (Wildman–Crippen MR) is 74.4 cm³/mol. The normalized spacial score (nSPS) is 10.1. The SMILES string of the molecule is COc1ccc(C(=O)Oc2cccc(Cl)c2Cl)cc1. The summed E-state index contributed by atoms with van der Waals surface area (Å²) in [4.78, 5) is 11.9. The van der Waals surface area contributed by atoms with Crippen molar-refractivity contribution in [2.24, 2.45) is 0 Å². The summed E-state index contributed by atoms with van der Waals surface area (Å²) in [7, 11) is 1.55. The van der Waals surface area contributed by atoms with Gasteiger partial charge in [-0.15, -0.1) is 0 Å². The van der Waals surface area contributed by atoms with Gasteiger partial charge >= 0.3 is 5.97 Å². The van der Waals surface area contributed by atoms with Crippen LogP contribution in [-0.2, 0) is 0 Å². The summed E-state index contributed by atoms with van der Waals surface area (Å²) in [6.45, 7) is 0. The van der Waals surface area contributed by atoms with Crippen LogP contribution in [-0.4, -0.2) is 13.1 Å². The van der Waals surface area contributed by atoms with Crippen molar-refractivity contribution >= 4 is 29.2 Å². The minimum Gasteiger partial charge on any atom is -0.497 e. The third kappa shape index (κ3) is 3.19. The lowest BCUT2D eigenvalue weighted by Crippen LogP contribution is -2.08. The summed E-state index contributed by atoms with van der Waals surface area (Å²) in [6, 6.07) is 11.4. The van der Waals surface area contributed by atoms with Crippen LogP contribution in [0.3, 0.4) is 0 Å². The largest absolute Gasteiger partial charge is 0.497 e. The van der Waals surface area contributed by atoms with E-state index in [1.165, 1.54) is 0 Å². The molecule has 0 radical (unpaired) electrons. The molecular weight excluding hydrogens is 287 g/mol. The van der Waals surface area contributed by atoms with Gasteiger partial charge in [0.05, 0.1) is 17.7 Å². The first-order valence-electron chi connectivity index (χ1n) is 5.42. The zero-order valence-corrected chi connectivity index (χ0v) is 11.5. The molecule has 0 saturated heterocycles. The number of halogens is 2. The summed E-state index contributed by atoms with van der Waals surface area (Å²) >= 11 is 11.8. The Morgan fingerprint density at radius 1 is 1.05 bits per heavy atom. The molecule has 2 aromatic rings. The van der Waals surface area contributed by atoms with Crippen LogP contribution < -0.4 is 9.47 Å². The van der Waals surface area contributed by atoms with Crippen LogP contribution in [0.4, 0.5) is 0 Å². The monoisotopic (exact) mass is 296 g/mol. The van der Waals surface area contributed by atoms with Crippen molar-refractivity contribution in [3.05, 3.63) is 58.1 Å². The van der Waals surface area contributed by atoms with Gasteiger partial charge in [0.2, 0.25) is 0 Å². The van der Waals surface area contributed by atoms with Gasteiger partial charge in [0.15, 0.2) is 5.75 Å². The van der Waals surface area contributed by atoms with Gasteiger partial charge in [-0.3, -0.25) is 0 Å². The van der Waals surface area contributed by atoms with Crippen LogP contribution in [0.2, 0.25) is 10.0 Å². The first-order chi connectivity index (χ1) is 9.11. The molecule has 3 nitrogen and oxygen atoms in total. The van der Waals surface area contributed by atoms with E-state index in [0.717, 1.165) is 0 Å². The van der Waals surface area contributed by atoms with Gasteiger partial charge in [-0.1, -0.05) is 29.3 Å². The third-order valence-electron chi connectivity index (χ3n) is 2.44. The number of methoxy groups -OCH3 is 1. The minimum atomic E-state index is -0.508. The van der Waals surface area contributed by atoms with Crippen molar-refractivity contribution in [1.29, 1.82) is 0 Å². The van der Waals surface area contributed by atoms with Crippen LogP contribution in [0.15, 0.2) is 42.5 Å². The zero-order chi connectivity index (χ0) is 13.8. The highest BCUT2D eigenvalue weighted by Gasteiger charge is 2.12. The molecule has 0 aromatic heterocycles. The van der Waals surface area contributed by atoms with Gasteiger partial charge in [0, 0.05) is 0 Å². The van der Waals surface area contributed by atoms with Crippen molar-refractivity contribution in [1.82, 2.24) is 0 Å². The smallest absolute Gasteiger partial charge is 0.343 e. The highest BCUT2D eigenvalue weighted by atomic mass is 35.5. The molecule has 0 heterocycles. The highest BCUT2D eigenvalue weighted by Crippen LogP contribution is 2.31. The van der Waals surface area contributed by atoms with Crippen molar-refractivity contribution in [3.8, 4) is 11.5 Å². The predicted octanol–water partition coefficient (Wildman–Crippen LogP) is 4.22. The fraction of sp³-hybridized carbons (Fsp3) is 0.0714. The summed E-state index contributed by atoms with van der Waals surface area (Å²) in [5, 5.41) is 0.549. The van der Waals surface area contributed by atoms with E-state index in [2.05, 4.69) is 0 Å². The molecule has 0 unspecified atom stereocenters. The van der Waals surface area contributed by atoms with Crippen LogP contribution in [0.1, 0.15) is 10.4 Å². The number of carbonyl (C=O) groups excluding carboxylic acids is 1. The molecule has 0 atom stereocenters. The molecular formula is C14H10Cl2O3. The molecule has 0 N–H and O–H groups in total. The molecule has 98 valence electrons. The van der Waals surface area contributed by atoms with Gasteiger partial charge in [0.1, 0.15) is 10.8 Å². The molecule has 0 spiro atoms. The molecule has 0 fully saturated rings. The van der Waals surface area contributed by atoms with Gasteiger partial charge in [0.25, 0.3) is 0 Å². The Morgan fingerprint density at radius 3 is 2.37 bits per heavy atom. The average molecular weight is 297 g/mol. The van der Waals surface area contributed by atoms with E-state index in [4.69, 9.17) is 32.7 Å². The molecule has 5 heteroatoms. The van der Waals surface area contributed by atoms with E-state index in [1.54, 1.807) is 49.6 Å². The van der Waals surface area contributed by atoms with Gasteiger partial charge < -0.3 is 9.47 Å². The first-order valence-corrected chi connectivity index (χ1v) is 6.17. The van der Waals surface area contributed by atoms with Gasteiger partial charge in [-0.05, 0) is 36.4 Å². The van der Waals surface area contributed by atoms with Gasteiger partial charge in [-0.25, -0.2) is 4.79 Å². The summed E-state index contributed by atoms with van der Waals surface area (Å²) in [5.41, 5.74) is 0.400. The lowest BCUT2D eigenvalue weighted by Gasteiger charge is -2.07. The first kappa shape index (κ1) is 13.7. The molecule has 0 amide bonds. The van der Waals surface area contributed by atoms with Crippen molar-refractivity contribution < 1.29 is 14.3 Å². The van der Waals surface area contributed by atoms with Crippen LogP contribution in [0, 0.1) is 0 Å². The second-order valence-corrected chi connectivity index (χ2v) is 4.46. The molecule has 2 rings (SSSR count). The topological polar surface area (TPSA) is 35.5 Å². The van der Waals surface area contributed by atoms with Crippen LogP contribution in [0.25, 0.3) is 0 Å². The molecule has 0 bridgehead atoms. The number of esters is 1. The maximum atomic E-state index is 11.9. The maximum Gasteiger partial charge on any atom is 0.343 e. The molecule has 19 heavy (non-hydrogen) atoms. The van der Waals surface area contributed by atoms with E-state index in [1.807, 2.05) is 0 Å². The van der Waals surface area contributed by atoms with E-state index < -0.39 is 5.97 Å². The summed E-state index contributed by atoms with van der Waals surface area (Å²) < 4.78 is 10.2. The van der Waals surface area contributed by atoms with Crippen molar-refractivity contribution in [2.75, 3.05) is 7.11 Å². The lowest BCUT2D eigenvalue weighted by atomic mass is 10.2. The Hall–Kier alpha value is -1.71. The fourth-order valence-electron chi connectivity index (χ4n) is 1.45. The number of rotatable bonds is 3. The third-order valence-corrected chi connectivity index (χ3v) is 3.25. The number of hydrogen-bond acceptors (Lipinski definition) is 3. The Bertz CT molecular complexity index is 594. The van der Waals surface area contributed by atoms with E-state index in [-0.39, 0.29) is 10.8 Å². The molecule has 2 aromatic carbocycles. The quantitative estimate of drug-likeness (QED) is 0.628. The van der Waals surface area contributed by atoms with E-state index >= 15 is 0 Å². The minimum absolute atomic E-state index is 0.214. The van der Waals surface area contributed by atoms with Crippen molar-refractivity contribution in [2.45, 2.75) is 0 Å². The summed E-state index contributed by atoms with van der Waals surface area (Å²) in [5.74, 6) is 0.388. The molecule has 0 aliphatic heterocycles. The second kappa shape index (κ2) is 5.95. The number of benzene rings is 2. The Morgan fingerprint density at radius 2 is 1.74 bits per heavy atom. The van der Waals surface area contributed by atoms with Crippen molar-refractivity contribution in [3.63, 3.8) is 0 Å². The lowest BCUT2D eigenvalue weighted by molar-refractivity contribution is 0.0735. The standard InChI is InChI=1S/C14H10Cl2O3/c1-18-10-7-5-9(6-8-10)14(17)19-12-4-2-3-11(15)13(12)16/h2-8H,1H3. The highest BCUT2D eigenvalue weighted by molar-refractivity contribution is 6.43. The number of hydrogen-bond donors (Lipinski definition) is 0. The second-order valence-electron chi connectivity index (χ2n) is 3.67. The van der Waals surface area contributed by atoms with Crippen LogP contribution in [0.5, 0.6) is 11.5 Å². The number of carbonyl (C=O) groups is 1.